The number of allylic oxidation sites excluding steroid dienone is 4. The van der Waals surface area contributed by atoms with E-state index in [1.165, 1.54) is 26.0 Å². The van der Waals surface area contributed by atoms with Crippen molar-refractivity contribution in [1.82, 2.24) is 0 Å². The lowest BCUT2D eigenvalue weighted by atomic mass is 10.1. The summed E-state index contributed by atoms with van der Waals surface area (Å²) in [4.78, 5) is 12.8. The van der Waals surface area contributed by atoms with E-state index in [-0.39, 0.29) is 23.4 Å². The van der Waals surface area contributed by atoms with Gasteiger partial charge in [-0.25, -0.2) is 12.8 Å². The summed E-state index contributed by atoms with van der Waals surface area (Å²) < 4.78 is 44.2. The Morgan fingerprint density at radius 1 is 1.15 bits per heavy atom. The number of benzene rings is 1. The Labute approximate surface area is 203 Å². The average molecular weight is 493 g/mol. The van der Waals surface area contributed by atoms with Crippen molar-refractivity contribution >= 4 is 27.1 Å². The Kier molecular flexibility index (Phi) is 10.4. The molecule has 1 rings (SSSR count). The van der Waals surface area contributed by atoms with Crippen molar-refractivity contribution in [3.05, 3.63) is 64.2 Å². The van der Waals surface area contributed by atoms with Crippen LogP contribution in [-0.2, 0) is 25.1 Å². The zero-order chi connectivity index (χ0) is 26.3. The molecule has 0 spiro atoms. The molecule has 0 aromatic heterocycles. The van der Waals surface area contributed by atoms with Gasteiger partial charge in [0.25, 0.3) is 5.91 Å². The fourth-order valence-corrected chi connectivity index (χ4v) is 4.50. The highest BCUT2D eigenvalue weighted by atomic mass is 32.2. The summed E-state index contributed by atoms with van der Waals surface area (Å²) in [6.07, 6.45) is 4.83. The van der Waals surface area contributed by atoms with Gasteiger partial charge in [0, 0.05) is 22.5 Å². The second-order valence-corrected chi connectivity index (χ2v) is 11.3. The molecule has 0 fully saturated rings. The summed E-state index contributed by atoms with van der Waals surface area (Å²) >= 11 is 0. The van der Waals surface area contributed by atoms with Crippen LogP contribution in [0.5, 0.6) is 0 Å². The van der Waals surface area contributed by atoms with Crippen molar-refractivity contribution in [1.29, 1.82) is 5.41 Å². The molecule has 0 heterocycles. The maximum Gasteiger partial charge on any atom is 0.251 e. The number of ether oxygens (including phenoxy) is 1. The van der Waals surface area contributed by atoms with Crippen LogP contribution >= 0.6 is 0 Å². The average Bonchev–Trinajstić information content (AvgIpc) is 2.78. The predicted octanol–water partition coefficient (Wildman–Crippen LogP) is 6.11. The van der Waals surface area contributed by atoms with Crippen LogP contribution in [0.25, 0.3) is 0 Å². The van der Waals surface area contributed by atoms with Crippen molar-refractivity contribution in [3.63, 3.8) is 0 Å². The zero-order valence-electron chi connectivity index (χ0n) is 21.4. The summed E-state index contributed by atoms with van der Waals surface area (Å²) in [7, 11) is -2.30. The number of halogens is 1. The van der Waals surface area contributed by atoms with Crippen molar-refractivity contribution in [2.45, 2.75) is 71.8 Å². The van der Waals surface area contributed by atoms with Crippen LogP contribution in [0.2, 0.25) is 0 Å². The van der Waals surface area contributed by atoms with Crippen molar-refractivity contribution in [3.8, 4) is 0 Å². The third kappa shape index (κ3) is 7.38. The van der Waals surface area contributed by atoms with E-state index in [1.54, 1.807) is 34.0 Å². The maximum atomic E-state index is 14.4. The first-order valence-electron chi connectivity index (χ1n) is 11.2. The van der Waals surface area contributed by atoms with E-state index in [0.29, 0.717) is 16.9 Å². The van der Waals surface area contributed by atoms with Gasteiger partial charge in [0.1, 0.15) is 16.3 Å². The molecule has 0 unspecified atom stereocenters. The van der Waals surface area contributed by atoms with Gasteiger partial charge >= 0.3 is 0 Å². The molecule has 0 atom stereocenters. The fourth-order valence-electron chi connectivity index (χ4n) is 2.99. The van der Waals surface area contributed by atoms with Gasteiger partial charge in [0.2, 0.25) is 0 Å². The van der Waals surface area contributed by atoms with Crippen LogP contribution in [-0.4, -0.2) is 31.9 Å². The van der Waals surface area contributed by atoms with Crippen LogP contribution in [0.3, 0.4) is 0 Å². The van der Waals surface area contributed by atoms with Crippen LogP contribution in [0.15, 0.2) is 52.8 Å². The number of rotatable bonds is 11. The molecule has 0 aliphatic rings. The van der Waals surface area contributed by atoms with Gasteiger partial charge in [-0.15, -0.1) is 0 Å². The molecular weight excluding hydrogens is 455 g/mol. The molecule has 8 heteroatoms. The fraction of sp³-hybridized carbons (Fsp3) is 0.462. The van der Waals surface area contributed by atoms with Crippen molar-refractivity contribution in [2.75, 3.05) is 12.4 Å². The number of hydrogen-bond acceptors (Lipinski definition) is 5. The van der Waals surface area contributed by atoms with Gasteiger partial charge in [0.15, 0.2) is 9.84 Å². The summed E-state index contributed by atoms with van der Waals surface area (Å²) in [6, 6.07) is 3.84. The number of methoxy groups -OCH3 is 1. The Balaban J connectivity index is 3.21. The van der Waals surface area contributed by atoms with Crippen LogP contribution < -0.4 is 5.32 Å². The topological polar surface area (TPSA) is 96.3 Å². The third-order valence-electron chi connectivity index (χ3n) is 5.98. The maximum absolute atomic E-state index is 14.4. The number of anilines is 1. The standard InChI is InChI=1S/C26H37FN2O4S/c1-9-17(3)13-22(33-8)14-18(4)19(5)25(30)29-21-11-12-23(27)20(15-21)16-34(31,32)26(6,7)24(28)10-2/h11-15,28H,9-10,16H2,1-8H3,(H,29,30)/b17-13?,19-18+,22-14+,28-24?. The van der Waals surface area contributed by atoms with E-state index in [4.69, 9.17) is 10.1 Å². The van der Waals surface area contributed by atoms with E-state index in [1.807, 2.05) is 19.9 Å². The van der Waals surface area contributed by atoms with Crippen LogP contribution in [0, 0.1) is 11.2 Å². The first kappa shape index (κ1) is 29.3. The molecule has 0 aliphatic carbocycles. The molecule has 188 valence electrons. The lowest BCUT2D eigenvalue weighted by Gasteiger charge is -2.25. The number of nitrogens with one attached hydrogen (secondary N) is 2. The molecule has 34 heavy (non-hydrogen) atoms. The minimum atomic E-state index is -3.86. The summed E-state index contributed by atoms with van der Waals surface area (Å²) in [5.41, 5.74) is 2.54. The lowest BCUT2D eigenvalue weighted by molar-refractivity contribution is -0.112. The highest BCUT2D eigenvalue weighted by molar-refractivity contribution is 7.92. The molecule has 1 amide bonds. The van der Waals surface area contributed by atoms with E-state index >= 15 is 0 Å². The lowest BCUT2D eigenvalue weighted by Crippen LogP contribution is -2.40. The Bertz CT molecular complexity index is 1130. The predicted molar refractivity (Wildman–Crippen MR) is 137 cm³/mol. The molecule has 6 nitrogen and oxygen atoms in total. The number of amides is 1. The van der Waals surface area contributed by atoms with Crippen LogP contribution in [0.4, 0.5) is 10.1 Å². The molecule has 0 saturated heterocycles. The monoisotopic (exact) mass is 492 g/mol. The van der Waals surface area contributed by atoms with Crippen molar-refractivity contribution < 1.29 is 22.3 Å². The van der Waals surface area contributed by atoms with Crippen molar-refractivity contribution in [2.24, 2.45) is 0 Å². The molecule has 2 N–H and O–H groups in total. The largest absolute Gasteiger partial charge is 0.497 e. The second kappa shape index (κ2) is 12.1. The Hall–Kier alpha value is -2.74. The first-order valence-corrected chi connectivity index (χ1v) is 12.9. The SMILES string of the molecule is CCC(=N)C(C)(C)S(=O)(=O)Cc1cc(NC(=O)/C(C)=C(C)/C=C(\C=C(C)CC)OC)ccc1F. The molecular formula is C26H37FN2O4S. The molecule has 1 aromatic rings. The molecule has 1 aromatic carbocycles. The summed E-state index contributed by atoms with van der Waals surface area (Å²) in [6.45, 7) is 12.1. The molecule has 0 radical (unpaired) electrons. The van der Waals surface area contributed by atoms with Gasteiger partial charge in [-0.1, -0.05) is 19.4 Å². The number of carbonyl (C=O) groups excluding carboxylic acids is 1. The highest BCUT2D eigenvalue weighted by Crippen LogP contribution is 2.26. The number of sulfone groups is 1. The molecule has 0 bridgehead atoms. The normalized spacial score (nSPS) is 13.9. The van der Waals surface area contributed by atoms with Crippen LogP contribution in [0.1, 0.15) is 66.9 Å². The van der Waals surface area contributed by atoms with E-state index in [9.17, 15) is 17.6 Å². The van der Waals surface area contributed by atoms with E-state index < -0.39 is 32.1 Å². The second-order valence-electron chi connectivity index (χ2n) is 8.76. The Morgan fingerprint density at radius 2 is 1.76 bits per heavy atom. The van der Waals surface area contributed by atoms with E-state index in [0.717, 1.165) is 18.1 Å². The van der Waals surface area contributed by atoms with Gasteiger partial charge < -0.3 is 15.5 Å². The van der Waals surface area contributed by atoms with Gasteiger partial charge in [-0.2, -0.15) is 0 Å². The zero-order valence-corrected chi connectivity index (χ0v) is 22.2. The van der Waals surface area contributed by atoms with E-state index in [2.05, 4.69) is 5.32 Å². The molecule has 0 saturated carbocycles. The number of hydrogen-bond donors (Lipinski definition) is 2. The minimum Gasteiger partial charge on any atom is -0.497 e. The first-order chi connectivity index (χ1) is 15.7. The Morgan fingerprint density at radius 3 is 2.29 bits per heavy atom. The highest BCUT2D eigenvalue weighted by Gasteiger charge is 2.38. The van der Waals surface area contributed by atoms with Gasteiger partial charge in [-0.3, -0.25) is 4.79 Å². The quantitative estimate of drug-likeness (QED) is 0.169. The summed E-state index contributed by atoms with van der Waals surface area (Å²) in [5, 5.41) is 10.7. The summed E-state index contributed by atoms with van der Waals surface area (Å²) in [5.74, 6) is -1.03. The number of carbonyl (C=O) groups is 1. The van der Waals surface area contributed by atoms with Gasteiger partial charge in [-0.05, 0) is 83.4 Å². The minimum absolute atomic E-state index is 0.0565. The molecule has 0 aliphatic heterocycles. The smallest absolute Gasteiger partial charge is 0.251 e. The third-order valence-corrected chi connectivity index (χ3v) is 8.47. The van der Waals surface area contributed by atoms with Gasteiger partial charge in [0.05, 0.1) is 12.9 Å².